The van der Waals surface area contributed by atoms with Crippen molar-refractivity contribution in [2.45, 2.75) is 48.0 Å². The zero-order chi connectivity index (χ0) is 27.8. The molecule has 0 spiro atoms. The first kappa shape index (κ1) is 25.4. The van der Waals surface area contributed by atoms with Crippen molar-refractivity contribution in [1.29, 1.82) is 0 Å². The molecule has 12 heteroatoms. The highest BCUT2D eigenvalue weighted by molar-refractivity contribution is 8.10. The molecule has 1 aromatic carbocycles. The van der Waals surface area contributed by atoms with Crippen LogP contribution in [0.4, 0.5) is 39.5 Å². The number of halogens is 9. The molecular weight excluding hydrogens is 543 g/mol. The highest BCUT2D eigenvalue weighted by Gasteiger charge is 2.84. The van der Waals surface area contributed by atoms with E-state index >= 15 is 17.6 Å². The van der Waals surface area contributed by atoms with E-state index in [0.29, 0.717) is 11.3 Å². The summed E-state index contributed by atoms with van der Waals surface area (Å²) in [5.74, 6) is -16.1. The van der Waals surface area contributed by atoms with Gasteiger partial charge in [-0.05, 0) is 54.8 Å². The van der Waals surface area contributed by atoms with Gasteiger partial charge in [0.2, 0.25) is 0 Å². The van der Waals surface area contributed by atoms with Crippen LogP contribution < -0.4 is 0 Å². The molecule has 1 aliphatic heterocycles. The maximum Gasteiger partial charge on any atom is 0.416 e. The summed E-state index contributed by atoms with van der Waals surface area (Å²) in [5, 5.41) is 4.18. The molecule has 38 heavy (non-hydrogen) atoms. The molecule has 0 saturated heterocycles. The SMILES string of the molecule is Cn1ncc2c1C=CC1=C3C(=C4C=C(c5ccc(C(F)(F)F)cc5)SC4(C)C12C)C(F)(F)C(F)(F)C3(F)F. The van der Waals surface area contributed by atoms with E-state index in [0.717, 1.165) is 42.1 Å². The van der Waals surface area contributed by atoms with Crippen molar-refractivity contribution in [2.75, 3.05) is 0 Å². The molecule has 200 valence electrons. The number of fused-ring (bicyclic) bond motifs is 6. The van der Waals surface area contributed by atoms with Crippen LogP contribution in [-0.4, -0.2) is 32.3 Å². The van der Waals surface area contributed by atoms with Crippen LogP contribution in [0.15, 0.2) is 64.9 Å². The number of allylic oxidation sites excluding steroid dienone is 5. The molecular formula is C26H17F9N2S. The van der Waals surface area contributed by atoms with E-state index in [4.69, 9.17) is 0 Å². The maximum absolute atomic E-state index is 15.3. The van der Waals surface area contributed by atoms with Gasteiger partial charge in [-0.15, -0.1) is 11.8 Å². The maximum atomic E-state index is 15.3. The van der Waals surface area contributed by atoms with Gasteiger partial charge in [-0.1, -0.05) is 18.2 Å². The molecule has 1 aromatic heterocycles. The summed E-state index contributed by atoms with van der Waals surface area (Å²) in [4.78, 5) is 0.194. The molecule has 3 aliphatic carbocycles. The van der Waals surface area contributed by atoms with Crippen LogP contribution in [0.5, 0.6) is 0 Å². The Bertz CT molecular complexity index is 1540. The third-order valence-electron chi connectivity index (χ3n) is 8.23. The summed E-state index contributed by atoms with van der Waals surface area (Å²) in [6, 6.07) is 3.89. The quantitative estimate of drug-likeness (QED) is 0.332. The van der Waals surface area contributed by atoms with E-state index in [1.165, 1.54) is 36.9 Å². The van der Waals surface area contributed by atoms with Crippen LogP contribution in [-0.2, 0) is 18.6 Å². The summed E-state index contributed by atoms with van der Waals surface area (Å²) in [5.41, 5.74) is -5.01. The Morgan fingerprint density at radius 2 is 1.42 bits per heavy atom. The lowest BCUT2D eigenvalue weighted by atomic mass is 9.57. The van der Waals surface area contributed by atoms with Gasteiger partial charge in [0.05, 0.1) is 22.2 Å². The number of nitrogens with zero attached hydrogens (tertiary/aromatic N) is 2. The summed E-state index contributed by atoms with van der Waals surface area (Å²) >= 11 is 0.964. The largest absolute Gasteiger partial charge is 0.416 e. The minimum Gasteiger partial charge on any atom is -0.268 e. The average molecular weight is 560 g/mol. The Balaban J connectivity index is 1.67. The molecule has 2 unspecified atom stereocenters. The Hall–Kier alpha value is -2.89. The summed E-state index contributed by atoms with van der Waals surface area (Å²) in [6.45, 7) is 3.03. The number of alkyl halides is 9. The number of aromatic nitrogens is 2. The topological polar surface area (TPSA) is 17.8 Å². The van der Waals surface area contributed by atoms with Crippen LogP contribution in [0.2, 0.25) is 0 Å². The molecule has 4 aliphatic rings. The van der Waals surface area contributed by atoms with Gasteiger partial charge in [0, 0.05) is 34.1 Å². The zero-order valence-corrected chi connectivity index (χ0v) is 20.6. The van der Waals surface area contributed by atoms with Crippen LogP contribution in [0.3, 0.4) is 0 Å². The van der Waals surface area contributed by atoms with Gasteiger partial charge in [-0.3, -0.25) is 4.68 Å². The third kappa shape index (κ3) is 2.67. The van der Waals surface area contributed by atoms with Crippen LogP contribution in [0.25, 0.3) is 11.0 Å². The van der Waals surface area contributed by atoms with Crippen molar-refractivity contribution in [3.63, 3.8) is 0 Å². The molecule has 1 saturated carbocycles. The van der Waals surface area contributed by atoms with E-state index in [1.807, 2.05) is 0 Å². The van der Waals surface area contributed by atoms with Gasteiger partial charge in [0.25, 0.3) is 0 Å². The highest BCUT2D eigenvalue weighted by Crippen LogP contribution is 2.73. The van der Waals surface area contributed by atoms with Gasteiger partial charge < -0.3 is 0 Å². The molecule has 2 aromatic rings. The van der Waals surface area contributed by atoms with E-state index < -0.39 is 56.4 Å². The first-order chi connectivity index (χ1) is 17.4. The fraction of sp³-hybridized carbons (Fsp3) is 0.346. The molecule has 6 rings (SSSR count). The van der Waals surface area contributed by atoms with Gasteiger partial charge in [0.15, 0.2) is 0 Å². The van der Waals surface area contributed by atoms with Gasteiger partial charge in [-0.25, -0.2) is 0 Å². The smallest absolute Gasteiger partial charge is 0.268 e. The lowest BCUT2D eigenvalue weighted by Gasteiger charge is -2.51. The minimum absolute atomic E-state index is 0.194. The van der Waals surface area contributed by atoms with Gasteiger partial charge >= 0.3 is 23.9 Å². The summed E-state index contributed by atoms with van der Waals surface area (Å²) in [6.07, 6.45) is 0.462. The number of thioether (sulfide) groups is 1. The predicted octanol–water partition coefficient (Wildman–Crippen LogP) is 7.80. The van der Waals surface area contributed by atoms with Crippen molar-refractivity contribution < 1.29 is 39.5 Å². The predicted molar refractivity (Wildman–Crippen MR) is 124 cm³/mol. The second-order valence-electron chi connectivity index (χ2n) is 10.0. The highest BCUT2D eigenvalue weighted by atomic mass is 32.2. The zero-order valence-electron chi connectivity index (χ0n) is 19.8. The third-order valence-corrected chi connectivity index (χ3v) is 9.84. The number of rotatable bonds is 1. The first-order valence-electron chi connectivity index (χ1n) is 11.3. The monoisotopic (exact) mass is 560 g/mol. The van der Waals surface area contributed by atoms with Crippen LogP contribution in [0.1, 0.15) is 36.2 Å². The molecule has 2 nitrogen and oxygen atoms in total. The van der Waals surface area contributed by atoms with Crippen LogP contribution >= 0.6 is 11.8 Å². The minimum atomic E-state index is -5.70. The fourth-order valence-electron chi connectivity index (χ4n) is 6.00. The summed E-state index contributed by atoms with van der Waals surface area (Å²) in [7, 11) is 1.60. The molecule has 1 fully saturated rings. The second-order valence-corrected chi connectivity index (χ2v) is 11.5. The van der Waals surface area contributed by atoms with E-state index in [2.05, 4.69) is 5.10 Å². The number of benzene rings is 1. The van der Waals surface area contributed by atoms with Crippen molar-refractivity contribution >= 4 is 22.7 Å². The van der Waals surface area contributed by atoms with Crippen molar-refractivity contribution in [2.24, 2.45) is 7.05 Å². The Morgan fingerprint density at radius 1 is 0.842 bits per heavy atom. The lowest BCUT2D eigenvalue weighted by molar-refractivity contribution is -0.258. The second kappa shape index (κ2) is 7.00. The van der Waals surface area contributed by atoms with Crippen molar-refractivity contribution in [1.82, 2.24) is 9.78 Å². The fourth-order valence-corrected chi connectivity index (χ4v) is 7.57. The first-order valence-corrected chi connectivity index (χ1v) is 12.2. The van der Waals surface area contributed by atoms with Gasteiger partial charge in [-0.2, -0.15) is 44.6 Å². The Labute approximate surface area is 214 Å². The number of hydrogen-bond acceptors (Lipinski definition) is 2. The summed E-state index contributed by atoms with van der Waals surface area (Å²) < 4.78 is 130. The average Bonchev–Trinajstić information content (AvgIpc) is 3.41. The van der Waals surface area contributed by atoms with Crippen LogP contribution in [0, 0.1) is 0 Å². The Morgan fingerprint density at radius 3 is 2.00 bits per heavy atom. The van der Waals surface area contributed by atoms with Gasteiger partial charge in [0.1, 0.15) is 0 Å². The van der Waals surface area contributed by atoms with E-state index in [1.54, 1.807) is 7.05 Å². The Kier molecular flexibility index (Phi) is 4.67. The van der Waals surface area contributed by atoms with Crippen molar-refractivity contribution in [3.8, 4) is 0 Å². The molecule has 2 heterocycles. The van der Waals surface area contributed by atoms with E-state index in [9.17, 15) is 22.0 Å². The van der Waals surface area contributed by atoms with E-state index in [-0.39, 0.29) is 16.0 Å². The number of aryl methyl sites for hydroxylation is 1. The standard InChI is InChI=1S/C26H17F9N2S/c1-21-14(8-9-17-16(21)11-36-37(17)3)19-20(24(29,30)26(34,35)23(19,27)28)15-10-18(38-22(15,21)2)12-4-6-13(7-5-12)25(31,32)33/h4-11H,1-3H3. The molecule has 0 bridgehead atoms. The molecule has 2 atom stereocenters. The number of hydrogen-bond donors (Lipinski definition) is 0. The lowest BCUT2D eigenvalue weighted by Crippen LogP contribution is -2.51. The molecule has 0 N–H and O–H groups in total. The normalized spacial score (nSPS) is 30.2. The molecule has 0 radical (unpaired) electrons. The van der Waals surface area contributed by atoms with Crippen molar-refractivity contribution in [3.05, 3.63) is 87.3 Å². The molecule has 0 amide bonds.